The van der Waals surface area contributed by atoms with Crippen molar-refractivity contribution in [3.8, 4) is 5.75 Å². The Morgan fingerprint density at radius 2 is 1.76 bits per heavy atom. The molecule has 2 aromatic heterocycles. The summed E-state index contributed by atoms with van der Waals surface area (Å²) in [7, 11) is 0. The van der Waals surface area contributed by atoms with E-state index in [1.165, 1.54) is 4.88 Å². The van der Waals surface area contributed by atoms with Crippen LogP contribution in [-0.4, -0.2) is 41.3 Å². The Balaban J connectivity index is 1.36. The molecule has 0 N–H and O–H groups in total. The SMILES string of the molecule is Cc1ccc(OC[C@@H]2c3ccsc3CCN2C(=O)CN(Cc2ccco2)C(=O)c2ccc(C)cc2)cc1. The van der Waals surface area contributed by atoms with Gasteiger partial charge in [-0.3, -0.25) is 9.59 Å². The molecule has 6 nitrogen and oxygen atoms in total. The molecule has 4 aromatic rings. The largest absolute Gasteiger partial charge is 0.491 e. The average molecular weight is 515 g/mol. The number of ether oxygens (including phenoxy) is 1. The average Bonchev–Trinajstić information content (AvgIpc) is 3.60. The molecule has 0 fully saturated rings. The Hall–Kier alpha value is -3.84. The minimum Gasteiger partial charge on any atom is -0.491 e. The molecule has 37 heavy (non-hydrogen) atoms. The smallest absolute Gasteiger partial charge is 0.254 e. The number of amides is 2. The van der Waals surface area contributed by atoms with Crippen LogP contribution in [0.3, 0.4) is 0 Å². The zero-order valence-electron chi connectivity index (χ0n) is 21.1. The van der Waals surface area contributed by atoms with E-state index >= 15 is 0 Å². The van der Waals surface area contributed by atoms with Gasteiger partial charge in [0.15, 0.2) is 0 Å². The number of carbonyl (C=O) groups is 2. The van der Waals surface area contributed by atoms with E-state index in [0.29, 0.717) is 24.5 Å². The van der Waals surface area contributed by atoms with E-state index < -0.39 is 0 Å². The van der Waals surface area contributed by atoms with Gasteiger partial charge in [0.05, 0.1) is 18.8 Å². The Kier molecular flexibility index (Phi) is 7.42. The van der Waals surface area contributed by atoms with Gasteiger partial charge in [0.2, 0.25) is 5.91 Å². The molecule has 190 valence electrons. The van der Waals surface area contributed by atoms with Crippen LogP contribution in [0.1, 0.15) is 43.7 Å². The molecule has 2 aromatic carbocycles. The molecule has 0 saturated carbocycles. The van der Waals surface area contributed by atoms with Gasteiger partial charge in [0.25, 0.3) is 5.91 Å². The fourth-order valence-electron chi connectivity index (χ4n) is 4.61. The van der Waals surface area contributed by atoms with Crippen molar-refractivity contribution in [2.24, 2.45) is 0 Å². The maximum absolute atomic E-state index is 13.8. The van der Waals surface area contributed by atoms with Gasteiger partial charge in [-0.05, 0) is 73.7 Å². The second kappa shape index (κ2) is 11.0. The number of nitrogens with zero attached hydrogens (tertiary/aromatic N) is 2. The van der Waals surface area contributed by atoms with Gasteiger partial charge in [0.1, 0.15) is 24.7 Å². The minimum absolute atomic E-state index is 0.0477. The molecule has 0 radical (unpaired) electrons. The van der Waals surface area contributed by atoms with E-state index in [0.717, 1.165) is 28.9 Å². The van der Waals surface area contributed by atoms with Crippen molar-refractivity contribution >= 4 is 23.2 Å². The second-order valence-corrected chi connectivity index (χ2v) is 10.4. The maximum Gasteiger partial charge on any atom is 0.254 e. The predicted octanol–water partition coefficient (Wildman–Crippen LogP) is 5.81. The molecule has 0 unspecified atom stereocenters. The molecule has 3 heterocycles. The topological polar surface area (TPSA) is 63.0 Å². The molecule has 0 spiro atoms. The monoisotopic (exact) mass is 514 g/mol. The summed E-state index contributed by atoms with van der Waals surface area (Å²) >= 11 is 1.72. The summed E-state index contributed by atoms with van der Waals surface area (Å²) in [5.74, 6) is 1.09. The zero-order valence-corrected chi connectivity index (χ0v) is 21.9. The van der Waals surface area contributed by atoms with Crippen molar-refractivity contribution in [1.82, 2.24) is 9.80 Å². The lowest BCUT2D eigenvalue weighted by Gasteiger charge is -2.37. The number of thiophene rings is 1. The first-order valence-electron chi connectivity index (χ1n) is 12.4. The number of rotatable bonds is 8. The Labute approximate surface area is 221 Å². The lowest BCUT2D eigenvalue weighted by Crippen LogP contribution is -2.47. The fourth-order valence-corrected chi connectivity index (χ4v) is 5.54. The number of carbonyl (C=O) groups excluding carboxylic acids is 2. The van der Waals surface area contributed by atoms with E-state index in [9.17, 15) is 9.59 Å². The molecule has 0 saturated heterocycles. The third-order valence-electron chi connectivity index (χ3n) is 6.68. The van der Waals surface area contributed by atoms with Crippen LogP contribution in [0.4, 0.5) is 0 Å². The lowest BCUT2D eigenvalue weighted by molar-refractivity contribution is -0.135. The number of hydrogen-bond acceptors (Lipinski definition) is 5. The van der Waals surface area contributed by atoms with Crippen molar-refractivity contribution < 1.29 is 18.7 Å². The van der Waals surface area contributed by atoms with Gasteiger partial charge < -0.3 is 19.0 Å². The van der Waals surface area contributed by atoms with Crippen molar-refractivity contribution in [1.29, 1.82) is 0 Å². The first kappa shape index (κ1) is 24.8. The standard InChI is InChI=1S/C30H30N2O4S/c1-21-5-9-23(10-6-21)30(34)31(18-25-4-3-16-35-25)19-29(33)32-15-13-28-26(14-17-37-28)27(32)20-36-24-11-7-22(2)8-12-24/h3-12,14,16-17,27H,13,15,18-20H2,1-2H3/t27-/m1/s1. The van der Waals surface area contributed by atoms with Gasteiger partial charge in [-0.25, -0.2) is 0 Å². The molecular formula is C30H30N2O4S. The highest BCUT2D eigenvalue weighted by Crippen LogP contribution is 2.34. The summed E-state index contributed by atoms with van der Waals surface area (Å²) in [5, 5.41) is 2.07. The van der Waals surface area contributed by atoms with Crippen LogP contribution in [0, 0.1) is 13.8 Å². The van der Waals surface area contributed by atoms with Crippen molar-refractivity contribution in [3.05, 3.63) is 111 Å². The van der Waals surface area contributed by atoms with Gasteiger partial charge in [-0.1, -0.05) is 35.4 Å². The molecular weight excluding hydrogens is 484 g/mol. The Morgan fingerprint density at radius 1 is 1.03 bits per heavy atom. The predicted molar refractivity (Wildman–Crippen MR) is 144 cm³/mol. The number of aryl methyl sites for hydroxylation is 2. The number of fused-ring (bicyclic) bond motifs is 1. The first-order chi connectivity index (χ1) is 18.0. The Morgan fingerprint density at radius 3 is 2.46 bits per heavy atom. The van der Waals surface area contributed by atoms with Crippen LogP contribution < -0.4 is 4.74 Å². The lowest BCUT2D eigenvalue weighted by atomic mass is 10.00. The third-order valence-corrected chi connectivity index (χ3v) is 7.68. The van der Waals surface area contributed by atoms with Gasteiger partial charge >= 0.3 is 0 Å². The summed E-state index contributed by atoms with van der Waals surface area (Å²) in [6.45, 7) is 5.12. The van der Waals surface area contributed by atoms with Crippen molar-refractivity contribution in [2.75, 3.05) is 19.7 Å². The van der Waals surface area contributed by atoms with Crippen LogP contribution in [0.2, 0.25) is 0 Å². The summed E-state index contributed by atoms with van der Waals surface area (Å²) in [6.07, 6.45) is 2.37. The van der Waals surface area contributed by atoms with Crippen LogP contribution >= 0.6 is 11.3 Å². The molecule has 1 atom stereocenters. The van der Waals surface area contributed by atoms with Crippen LogP contribution in [0.5, 0.6) is 5.75 Å². The molecule has 0 bridgehead atoms. The van der Waals surface area contributed by atoms with E-state index in [4.69, 9.17) is 9.15 Å². The first-order valence-corrected chi connectivity index (χ1v) is 13.3. The van der Waals surface area contributed by atoms with Gasteiger partial charge in [-0.2, -0.15) is 0 Å². The molecule has 5 rings (SSSR count). The maximum atomic E-state index is 13.8. The summed E-state index contributed by atoms with van der Waals surface area (Å²) in [6, 6.07) is 20.8. The van der Waals surface area contributed by atoms with Crippen LogP contribution in [-0.2, 0) is 17.8 Å². The molecule has 1 aliphatic rings. The van der Waals surface area contributed by atoms with Crippen LogP contribution in [0.25, 0.3) is 0 Å². The summed E-state index contributed by atoms with van der Waals surface area (Å²) < 4.78 is 11.7. The molecule has 2 amide bonds. The van der Waals surface area contributed by atoms with Gasteiger partial charge in [-0.15, -0.1) is 11.3 Å². The molecule has 7 heteroatoms. The second-order valence-electron chi connectivity index (χ2n) is 9.38. The highest BCUT2D eigenvalue weighted by molar-refractivity contribution is 7.10. The fraction of sp³-hybridized carbons (Fsp3) is 0.267. The number of furan rings is 1. The van der Waals surface area contributed by atoms with Crippen molar-refractivity contribution in [2.45, 2.75) is 32.9 Å². The summed E-state index contributed by atoms with van der Waals surface area (Å²) in [4.78, 5) is 31.9. The third kappa shape index (κ3) is 5.78. The van der Waals surface area contributed by atoms with E-state index in [1.54, 1.807) is 40.7 Å². The van der Waals surface area contributed by atoms with E-state index in [-0.39, 0.29) is 30.9 Å². The quantitative estimate of drug-likeness (QED) is 0.298. The highest BCUT2D eigenvalue weighted by atomic mass is 32.1. The Bertz CT molecular complexity index is 1340. The summed E-state index contributed by atoms with van der Waals surface area (Å²) in [5.41, 5.74) is 3.90. The van der Waals surface area contributed by atoms with Crippen LogP contribution in [0.15, 0.2) is 82.8 Å². The number of benzene rings is 2. The number of hydrogen-bond donors (Lipinski definition) is 0. The molecule has 1 aliphatic heterocycles. The minimum atomic E-state index is -0.219. The van der Waals surface area contributed by atoms with Gasteiger partial charge in [0, 0.05) is 17.0 Å². The highest BCUT2D eigenvalue weighted by Gasteiger charge is 2.34. The normalized spacial score (nSPS) is 14.8. The van der Waals surface area contributed by atoms with E-state index in [2.05, 4.69) is 11.4 Å². The van der Waals surface area contributed by atoms with Crippen molar-refractivity contribution in [3.63, 3.8) is 0 Å². The zero-order chi connectivity index (χ0) is 25.8. The molecule has 0 aliphatic carbocycles. The van der Waals surface area contributed by atoms with E-state index in [1.807, 2.05) is 61.2 Å².